The Bertz CT molecular complexity index is 669. The van der Waals surface area contributed by atoms with E-state index in [1.54, 1.807) is 0 Å². The first-order valence-corrected chi connectivity index (χ1v) is 7.31. The number of aryl methyl sites for hydroxylation is 2. The summed E-state index contributed by atoms with van der Waals surface area (Å²) in [5, 5.41) is 0. The largest absolute Gasteiger partial charge is 0.413 e. The SMILES string of the molecule is Cc1cc(C)c(-c2ccccc2)c(C)c1C(=O)O[PH2]=O.[Li]. The van der Waals surface area contributed by atoms with Crippen molar-refractivity contribution in [3.05, 3.63) is 58.7 Å². The second-order valence-corrected chi connectivity index (χ2v) is 5.18. The van der Waals surface area contributed by atoms with Gasteiger partial charge in [-0.25, -0.2) is 4.79 Å². The summed E-state index contributed by atoms with van der Waals surface area (Å²) in [7, 11) is -1.54. The zero-order chi connectivity index (χ0) is 14.7. The number of hydrogen-bond acceptors (Lipinski definition) is 3. The second-order valence-electron chi connectivity index (χ2n) is 4.75. The monoisotopic (exact) mass is 295 g/mol. The van der Waals surface area contributed by atoms with Gasteiger partial charge in [0.25, 0.3) is 0 Å². The van der Waals surface area contributed by atoms with E-state index in [9.17, 15) is 9.36 Å². The Morgan fingerprint density at radius 2 is 1.67 bits per heavy atom. The molecule has 0 saturated heterocycles. The molecule has 2 aromatic carbocycles. The minimum atomic E-state index is -1.54. The number of benzene rings is 2. The maximum atomic E-state index is 12.0. The average molecular weight is 295 g/mol. The molecule has 1 atom stereocenters. The van der Waals surface area contributed by atoms with Crippen molar-refractivity contribution in [2.24, 2.45) is 0 Å². The predicted octanol–water partition coefficient (Wildman–Crippen LogP) is 3.73. The van der Waals surface area contributed by atoms with E-state index in [-0.39, 0.29) is 18.9 Å². The predicted molar refractivity (Wildman–Crippen MR) is 87.7 cm³/mol. The van der Waals surface area contributed by atoms with Crippen molar-refractivity contribution in [3.8, 4) is 11.1 Å². The van der Waals surface area contributed by atoms with E-state index in [0.29, 0.717) is 5.56 Å². The standard InChI is InChI=1S/C16H17O3P.Li/c1-10-9-11(2)15(16(17)19-20-18)12(3)14(10)13-7-5-4-6-8-13;/h4-9H,20H2,1-3H3;. The Morgan fingerprint density at radius 1 is 1.05 bits per heavy atom. The molecule has 0 N–H and O–H groups in total. The van der Waals surface area contributed by atoms with Crippen molar-refractivity contribution in [1.82, 2.24) is 0 Å². The maximum Gasteiger partial charge on any atom is 0.343 e. The van der Waals surface area contributed by atoms with Crippen molar-refractivity contribution >= 4 is 33.5 Å². The van der Waals surface area contributed by atoms with Gasteiger partial charge in [-0.15, -0.1) is 0 Å². The molecule has 105 valence electrons. The summed E-state index contributed by atoms with van der Waals surface area (Å²) in [6.07, 6.45) is 0. The van der Waals surface area contributed by atoms with Gasteiger partial charge < -0.3 is 4.52 Å². The zero-order valence-corrected chi connectivity index (χ0v) is 13.9. The number of carbonyl (C=O) groups excluding carboxylic acids is 1. The Morgan fingerprint density at radius 3 is 2.24 bits per heavy atom. The van der Waals surface area contributed by atoms with Gasteiger partial charge in [0.2, 0.25) is 8.69 Å². The van der Waals surface area contributed by atoms with Gasteiger partial charge in [0.05, 0.1) is 5.56 Å². The normalized spacial score (nSPS) is 10.4. The topological polar surface area (TPSA) is 43.4 Å². The molecule has 0 amide bonds. The molecule has 0 aliphatic carbocycles. The molecule has 0 bridgehead atoms. The van der Waals surface area contributed by atoms with E-state index in [2.05, 4.69) is 0 Å². The van der Waals surface area contributed by atoms with E-state index < -0.39 is 14.7 Å². The van der Waals surface area contributed by atoms with Crippen LogP contribution in [0.1, 0.15) is 27.0 Å². The molecule has 0 spiro atoms. The molecule has 21 heavy (non-hydrogen) atoms. The van der Waals surface area contributed by atoms with Crippen molar-refractivity contribution in [2.45, 2.75) is 20.8 Å². The van der Waals surface area contributed by atoms with Crippen LogP contribution in [0.4, 0.5) is 0 Å². The smallest absolute Gasteiger partial charge is 0.343 e. The van der Waals surface area contributed by atoms with Gasteiger partial charge in [-0.3, -0.25) is 4.57 Å². The van der Waals surface area contributed by atoms with Crippen molar-refractivity contribution in [2.75, 3.05) is 0 Å². The first-order chi connectivity index (χ1) is 9.56. The molecule has 2 aromatic rings. The molecule has 0 aliphatic heterocycles. The van der Waals surface area contributed by atoms with Gasteiger partial charge >= 0.3 is 5.97 Å². The summed E-state index contributed by atoms with van der Waals surface area (Å²) in [6.45, 7) is 5.79. The Kier molecular flexibility index (Phi) is 6.49. The molecule has 3 nitrogen and oxygen atoms in total. The Balaban J connectivity index is 0.00000220. The van der Waals surface area contributed by atoms with Crippen LogP contribution in [0.15, 0.2) is 36.4 Å². The summed E-state index contributed by atoms with van der Waals surface area (Å²) in [4.78, 5) is 12.0. The van der Waals surface area contributed by atoms with Crippen molar-refractivity contribution < 1.29 is 13.9 Å². The molecule has 1 radical (unpaired) electrons. The molecule has 0 saturated carbocycles. The van der Waals surface area contributed by atoms with Crippen LogP contribution in [0.3, 0.4) is 0 Å². The third-order valence-corrected chi connectivity index (χ3v) is 3.70. The van der Waals surface area contributed by atoms with Crippen LogP contribution in [0.2, 0.25) is 0 Å². The van der Waals surface area contributed by atoms with E-state index in [4.69, 9.17) is 4.52 Å². The van der Waals surface area contributed by atoms with Crippen LogP contribution in [0, 0.1) is 20.8 Å². The first kappa shape index (κ1) is 17.8. The van der Waals surface area contributed by atoms with Crippen molar-refractivity contribution in [3.63, 3.8) is 0 Å². The fourth-order valence-electron chi connectivity index (χ4n) is 2.65. The minimum absolute atomic E-state index is 0. The Labute approximate surface area is 138 Å². The van der Waals surface area contributed by atoms with Crippen LogP contribution in [-0.2, 0) is 9.09 Å². The zero-order valence-electron chi connectivity index (χ0n) is 12.8. The van der Waals surface area contributed by atoms with Crippen LogP contribution >= 0.6 is 8.69 Å². The quantitative estimate of drug-likeness (QED) is 0.640. The molecule has 0 heterocycles. The molecule has 0 fully saturated rings. The third-order valence-electron chi connectivity index (χ3n) is 3.39. The fraction of sp³-hybridized carbons (Fsp3) is 0.188. The number of hydrogen-bond donors (Lipinski definition) is 0. The summed E-state index contributed by atoms with van der Waals surface area (Å²) in [6, 6.07) is 11.9. The molecule has 0 aromatic heterocycles. The summed E-state index contributed by atoms with van der Waals surface area (Å²) >= 11 is 0. The molecule has 2 rings (SSSR count). The average Bonchev–Trinajstić information content (AvgIpc) is 2.39. The first-order valence-electron chi connectivity index (χ1n) is 6.37. The second kappa shape index (κ2) is 7.66. The number of carbonyl (C=O) groups is 1. The van der Waals surface area contributed by atoms with Crippen LogP contribution < -0.4 is 0 Å². The fourth-order valence-corrected chi connectivity index (χ4v) is 2.86. The maximum absolute atomic E-state index is 12.0. The molecule has 0 aliphatic rings. The third kappa shape index (κ3) is 3.69. The Hall–Kier alpha value is -1.26. The molecule has 1 unspecified atom stereocenters. The van der Waals surface area contributed by atoms with Gasteiger partial charge in [0.1, 0.15) is 0 Å². The summed E-state index contributed by atoms with van der Waals surface area (Å²) in [5.74, 6) is -0.512. The molecular formula is C16H17LiO3P. The van der Waals surface area contributed by atoms with Gasteiger partial charge in [-0.1, -0.05) is 36.4 Å². The number of rotatable bonds is 3. The van der Waals surface area contributed by atoms with Crippen LogP contribution in [0.5, 0.6) is 0 Å². The van der Waals surface area contributed by atoms with E-state index in [1.165, 1.54) is 0 Å². The van der Waals surface area contributed by atoms with Gasteiger partial charge in [0.15, 0.2) is 0 Å². The van der Waals surface area contributed by atoms with Crippen LogP contribution in [-0.4, -0.2) is 24.8 Å². The summed E-state index contributed by atoms with van der Waals surface area (Å²) < 4.78 is 15.3. The van der Waals surface area contributed by atoms with E-state index >= 15 is 0 Å². The molecule has 5 heteroatoms. The van der Waals surface area contributed by atoms with Gasteiger partial charge in [-0.05, 0) is 48.6 Å². The summed E-state index contributed by atoms with van der Waals surface area (Å²) in [5.41, 5.74) is 5.43. The van der Waals surface area contributed by atoms with Crippen molar-refractivity contribution in [1.29, 1.82) is 0 Å². The molecular weight excluding hydrogens is 278 g/mol. The van der Waals surface area contributed by atoms with Gasteiger partial charge in [-0.2, -0.15) is 0 Å². The van der Waals surface area contributed by atoms with Crippen LogP contribution in [0.25, 0.3) is 11.1 Å². The van der Waals surface area contributed by atoms with Gasteiger partial charge in [0, 0.05) is 18.9 Å². The van der Waals surface area contributed by atoms with E-state index in [1.807, 2.05) is 57.2 Å². The van der Waals surface area contributed by atoms with E-state index in [0.717, 1.165) is 27.8 Å². The minimum Gasteiger partial charge on any atom is -0.413 e.